The Morgan fingerprint density at radius 1 is 1.73 bits per heavy atom. The van der Waals surface area contributed by atoms with E-state index in [0.29, 0.717) is 12.4 Å². The lowest BCUT2D eigenvalue weighted by Crippen LogP contribution is -2.25. The zero-order valence-electron chi connectivity index (χ0n) is 8.73. The molecule has 1 aromatic heterocycles. The van der Waals surface area contributed by atoms with Crippen LogP contribution in [-0.4, -0.2) is 35.6 Å². The number of rotatable bonds is 4. The third kappa shape index (κ3) is 3.51. The van der Waals surface area contributed by atoms with Crippen molar-refractivity contribution in [3.8, 4) is 0 Å². The van der Waals surface area contributed by atoms with Gasteiger partial charge in [-0.2, -0.15) is 0 Å². The van der Waals surface area contributed by atoms with Gasteiger partial charge in [-0.05, 0) is 13.0 Å². The molecule has 82 valence electrons. The van der Waals surface area contributed by atoms with Crippen LogP contribution in [0.1, 0.15) is 17.5 Å². The largest absolute Gasteiger partial charge is 0.463 e. The van der Waals surface area contributed by atoms with E-state index in [4.69, 9.17) is 5.73 Å². The zero-order valence-corrected chi connectivity index (χ0v) is 8.73. The number of ether oxygens (including phenoxy) is 1. The highest BCUT2D eigenvalue weighted by Gasteiger charge is 2.09. The van der Waals surface area contributed by atoms with Gasteiger partial charge in [-0.15, -0.1) is 0 Å². The maximum Gasteiger partial charge on any atom is 0.376 e. The molecule has 0 saturated heterocycles. The Bertz CT molecular complexity index is 341. The number of nitrogens with zero attached hydrogens (tertiary/aromatic N) is 2. The number of hydrogen-bond donors (Lipinski definition) is 2. The quantitative estimate of drug-likeness (QED) is 0.681. The summed E-state index contributed by atoms with van der Waals surface area (Å²) < 4.78 is 4.50. The number of nitrogens with one attached hydrogen (secondary N) is 1. The van der Waals surface area contributed by atoms with Crippen molar-refractivity contribution >= 4 is 11.8 Å². The van der Waals surface area contributed by atoms with Crippen LogP contribution in [-0.2, 0) is 4.74 Å². The lowest BCUT2D eigenvalue weighted by atomic mass is 10.3. The van der Waals surface area contributed by atoms with Crippen molar-refractivity contribution in [2.45, 2.75) is 13.0 Å². The number of methoxy groups -OCH3 is 1. The van der Waals surface area contributed by atoms with Gasteiger partial charge in [0.05, 0.1) is 7.11 Å². The number of hydrogen-bond acceptors (Lipinski definition) is 6. The van der Waals surface area contributed by atoms with Crippen molar-refractivity contribution < 1.29 is 9.53 Å². The molecule has 0 amide bonds. The summed E-state index contributed by atoms with van der Waals surface area (Å²) in [6, 6.07) is 1.68. The Morgan fingerprint density at radius 2 is 2.47 bits per heavy atom. The van der Waals surface area contributed by atoms with Gasteiger partial charge >= 0.3 is 5.97 Å². The molecule has 1 rings (SSSR count). The summed E-state index contributed by atoms with van der Waals surface area (Å²) in [6.45, 7) is 2.45. The summed E-state index contributed by atoms with van der Waals surface area (Å²) in [7, 11) is 1.29. The first-order valence-electron chi connectivity index (χ1n) is 4.54. The standard InChI is InChI=1S/C9H14N4O2/c1-6(10)5-12-7-3-4-11-8(13-7)9(14)15-2/h3-4,6H,5,10H2,1-2H3,(H,11,12,13). The van der Waals surface area contributed by atoms with E-state index in [1.165, 1.54) is 13.3 Å². The van der Waals surface area contributed by atoms with Gasteiger partial charge in [-0.1, -0.05) is 0 Å². The molecular formula is C9H14N4O2. The van der Waals surface area contributed by atoms with Crippen LogP contribution in [0.3, 0.4) is 0 Å². The molecule has 1 unspecified atom stereocenters. The second-order valence-corrected chi connectivity index (χ2v) is 3.12. The van der Waals surface area contributed by atoms with Gasteiger partial charge in [0.25, 0.3) is 0 Å². The van der Waals surface area contributed by atoms with Crippen LogP contribution in [0.15, 0.2) is 12.3 Å². The van der Waals surface area contributed by atoms with Crippen molar-refractivity contribution in [1.82, 2.24) is 9.97 Å². The average Bonchev–Trinajstić information content (AvgIpc) is 2.25. The molecule has 1 atom stereocenters. The molecule has 0 fully saturated rings. The van der Waals surface area contributed by atoms with Crippen molar-refractivity contribution in [2.24, 2.45) is 5.73 Å². The van der Waals surface area contributed by atoms with Gasteiger partial charge in [0.15, 0.2) is 0 Å². The van der Waals surface area contributed by atoms with Crippen molar-refractivity contribution in [3.05, 3.63) is 18.1 Å². The lowest BCUT2D eigenvalue weighted by molar-refractivity contribution is 0.0587. The Labute approximate surface area is 87.9 Å². The molecular weight excluding hydrogens is 196 g/mol. The molecule has 0 aliphatic heterocycles. The number of carbonyl (C=O) groups is 1. The van der Waals surface area contributed by atoms with E-state index in [1.54, 1.807) is 6.07 Å². The minimum atomic E-state index is -0.556. The lowest BCUT2D eigenvalue weighted by Gasteiger charge is -2.08. The van der Waals surface area contributed by atoms with E-state index in [-0.39, 0.29) is 11.9 Å². The van der Waals surface area contributed by atoms with E-state index in [0.717, 1.165) is 0 Å². The molecule has 0 aliphatic rings. The Balaban J connectivity index is 2.70. The van der Waals surface area contributed by atoms with Gasteiger partial charge in [0.1, 0.15) is 5.82 Å². The highest BCUT2D eigenvalue weighted by Crippen LogP contribution is 2.02. The third-order valence-electron chi connectivity index (χ3n) is 1.63. The SMILES string of the molecule is COC(=O)c1nccc(NCC(C)N)n1. The second kappa shape index (κ2) is 5.26. The first-order valence-corrected chi connectivity index (χ1v) is 4.54. The predicted molar refractivity (Wildman–Crippen MR) is 55.5 cm³/mol. The summed E-state index contributed by atoms with van der Waals surface area (Å²) in [5, 5.41) is 2.98. The minimum absolute atomic E-state index is 0.0153. The van der Waals surface area contributed by atoms with Crippen LogP contribution in [0.5, 0.6) is 0 Å². The Morgan fingerprint density at radius 3 is 3.07 bits per heavy atom. The first-order chi connectivity index (χ1) is 7.13. The predicted octanol–water partition coefficient (Wildman–Crippen LogP) is 0.0223. The molecule has 6 heteroatoms. The van der Waals surface area contributed by atoms with Crippen LogP contribution >= 0.6 is 0 Å². The number of esters is 1. The maximum atomic E-state index is 11.1. The Kier molecular flexibility index (Phi) is 3.99. The van der Waals surface area contributed by atoms with Crippen LogP contribution < -0.4 is 11.1 Å². The fourth-order valence-electron chi connectivity index (χ4n) is 0.912. The number of nitrogens with two attached hydrogens (primary N) is 1. The van der Waals surface area contributed by atoms with Gasteiger partial charge in [-0.25, -0.2) is 14.8 Å². The van der Waals surface area contributed by atoms with E-state index >= 15 is 0 Å². The van der Waals surface area contributed by atoms with Crippen LogP contribution in [0.25, 0.3) is 0 Å². The van der Waals surface area contributed by atoms with Gasteiger partial charge in [-0.3, -0.25) is 0 Å². The molecule has 0 radical (unpaired) electrons. The molecule has 1 heterocycles. The van der Waals surface area contributed by atoms with E-state index in [1.807, 2.05) is 6.92 Å². The van der Waals surface area contributed by atoms with Gasteiger partial charge in [0.2, 0.25) is 5.82 Å². The molecule has 0 saturated carbocycles. The van der Waals surface area contributed by atoms with Gasteiger partial charge in [0, 0.05) is 18.8 Å². The topological polar surface area (TPSA) is 90.1 Å². The fourth-order valence-corrected chi connectivity index (χ4v) is 0.912. The monoisotopic (exact) mass is 210 g/mol. The molecule has 0 aliphatic carbocycles. The van der Waals surface area contributed by atoms with E-state index < -0.39 is 5.97 Å². The molecule has 0 bridgehead atoms. The van der Waals surface area contributed by atoms with Gasteiger partial charge < -0.3 is 15.8 Å². The number of anilines is 1. The minimum Gasteiger partial charge on any atom is -0.463 e. The van der Waals surface area contributed by atoms with Crippen molar-refractivity contribution in [1.29, 1.82) is 0 Å². The van der Waals surface area contributed by atoms with Crippen LogP contribution in [0.2, 0.25) is 0 Å². The summed E-state index contributed by atoms with van der Waals surface area (Å²) in [6.07, 6.45) is 1.49. The zero-order chi connectivity index (χ0) is 11.3. The fraction of sp³-hybridized carbons (Fsp3) is 0.444. The van der Waals surface area contributed by atoms with Crippen molar-refractivity contribution in [3.63, 3.8) is 0 Å². The molecule has 0 aromatic carbocycles. The molecule has 0 spiro atoms. The second-order valence-electron chi connectivity index (χ2n) is 3.12. The first kappa shape index (κ1) is 11.4. The smallest absolute Gasteiger partial charge is 0.376 e. The number of carbonyl (C=O) groups excluding carboxylic acids is 1. The normalized spacial score (nSPS) is 11.9. The molecule has 3 N–H and O–H groups in total. The molecule has 6 nitrogen and oxygen atoms in total. The summed E-state index contributed by atoms with van der Waals surface area (Å²) in [5.41, 5.74) is 5.57. The van der Waals surface area contributed by atoms with Crippen LogP contribution in [0.4, 0.5) is 5.82 Å². The summed E-state index contributed by atoms with van der Waals surface area (Å²) in [5.74, 6) is 0.0364. The van der Waals surface area contributed by atoms with Crippen LogP contribution in [0, 0.1) is 0 Å². The van der Waals surface area contributed by atoms with Crippen molar-refractivity contribution in [2.75, 3.05) is 19.0 Å². The highest BCUT2D eigenvalue weighted by molar-refractivity contribution is 5.85. The summed E-state index contributed by atoms with van der Waals surface area (Å²) in [4.78, 5) is 18.8. The average molecular weight is 210 g/mol. The maximum absolute atomic E-state index is 11.1. The summed E-state index contributed by atoms with van der Waals surface area (Å²) >= 11 is 0. The Hall–Kier alpha value is -1.69. The van der Waals surface area contributed by atoms with E-state index in [9.17, 15) is 4.79 Å². The third-order valence-corrected chi connectivity index (χ3v) is 1.63. The van der Waals surface area contributed by atoms with E-state index in [2.05, 4.69) is 20.0 Å². The number of aromatic nitrogens is 2. The molecule has 1 aromatic rings. The molecule has 15 heavy (non-hydrogen) atoms. The highest BCUT2D eigenvalue weighted by atomic mass is 16.5.